The Morgan fingerprint density at radius 2 is 1.95 bits per heavy atom. The van der Waals surface area contributed by atoms with E-state index >= 15 is 0 Å². The molecular formula is C26H31F3N2O7. The molecule has 2 heterocycles. The predicted molar refractivity (Wildman–Crippen MR) is 129 cm³/mol. The van der Waals surface area contributed by atoms with Crippen LogP contribution in [-0.4, -0.2) is 66.2 Å². The first kappa shape index (κ1) is 29.0. The first-order valence-electron chi connectivity index (χ1n) is 12.2. The molecule has 0 unspecified atom stereocenters. The van der Waals surface area contributed by atoms with Crippen molar-refractivity contribution in [2.45, 2.75) is 69.6 Å². The maximum atomic E-state index is 13.0. The van der Waals surface area contributed by atoms with E-state index in [-0.39, 0.29) is 30.9 Å². The summed E-state index contributed by atoms with van der Waals surface area (Å²) in [7, 11) is 1.32. The Morgan fingerprint density at radius 3 is 2.63 bits per heavy atom. The summed E-state index contributed by atoms with van der Waals surface area (Å²) in [5.41, 5.74) is -0.318. The second-order valence-corrected chi connectivity index (χ2v) is 8.83. The predicted octanol–water partition coefficient (Wildman–Crippen LogP) is 4.19. The van der Waals surface area contributed by atoms with E-state index in [0.717, 1.165) is 0 Å². The van der Waals surface area contributed by atoms with Crippen LogP contribution in [0.15, 0.2) is 42.6 Å². The average molecular weight is 541 g/mol. The number of esters is 1. The largest absolute Gasteiger partial charge is 0.503 e. The van der Waals surface area contributed by atoms with Crippen LogP contribution in [0.25, 0.3) is 0 Å². The molecule has 0 radical (unpaired) electrons. The Morgan fingerprint density at radius 1 is 1.21 bits per heavy atom. The summed E-state index contributed by atoms with van der Waals surface area (Å²) in [4.78, 5) is 29.7. The van der Waals surface area contributed by atoms with E-state index in [1.165, 1.54) is 19.4 Å². The molecule has 0 saturated carbocycles. The lowest BCUT2D eigenvalue weighted by atomic mass is 10.0. The van der Waals surface area contributed by atoms with Crippen LogP contribution in [0.2, 0.25) is 0 Å². The number of halogens is 3. The van der Waals surface area contributed by atoms with Crippen LogP contribution >= 0.6 is 0 Å². The van der Waals surface area contributed by atoms with E-state index in [1.54, 1.807) is 37.3 Å². The number of benzene rings is 1. The first-order valence-corrected chi connectivity index (χ1v) is 12.2. The van der Waals surface area contributed by atoms with Gasteiger partial charge in [0, 0.05) is 25.3 Å². The van der Waals surface area contributed by atoms with Gasteiger partial charge in [0.2, 0.25) is 0 Å². The SMILES string of the molecule is COc1ccnc(C(=O)N[C@H]2CCC[C@H](OCCCC(F)(F)F)[C@@H](Oc3ccccc3)[C@H](C)OC2=O)c1O. The zero-order valence-electron chi connectivity index (χ0n) is 21.1. The number of amides is 1. The topological polar surface area (TPSA) is 116 Å². The van der Waals surface area contributed by atoms with Crippen molar-refractivity contribution in [1.29, 1.82) is 0 Å². The van der Waals surface area contributed by atoms with E-state index < -0.39 is 54.6 Å². The normalized spacial score (nSPS) is 22.4. The molecule has 12 heteroatoms. The number of methoxy groups -OCH3 is 1. The summed E-state index contributed by atoms with van der Waals surface area (Å²) in [5.74, 6) is -1.48. The maximum Gasteiger partial charge on any atom is 0.389 e. The van der Waals surface area contributed by atoms with Gasteiger partial charge in [-0.25, -0.2) is 9.78 Å². The minimum Gasteiger partial charge on any atom is -0.503 e. The van der Waals surface area contributed by atoms with Crippen LogP contribution in [0.4, 0.5) is 13.2 Å². The van der Waals surface area contributed by atoms with Crippen molar-refractivity contribution in [1.82, 2.24) is 10.3 Å². The van der Waals surface area contributed by atoms with Crippen LogP contribution in [-0.2, 0) is 14.3 Å². The van der Waals surface area contributed by atoms with Gasteiger partial charge in [-0.1, -0.05) is 18.2 Å². The van der Waals surface area contributed by atoms with Crippen molar-refractivity contribution < 1.29 is 46.8 Å². The number of carbonyl (C=O) groups excluding carboxylic acids is 2. The molecule has 9 nitrogen and oxygen atoms in total. The van der Waals surface area contributed by atoms with Crippen LogP contribution in [0, 0.1) is 0 Å². The number of aromatic nitrogens is 1. The molecular weight excluding hydrogens is 509 g/mol. The van der Waals surface area contributed by atoms with Gasteiger partial charge in [0.25, 0.3) is 5.91 Å². The van der Waals surface area contributed by atoms with Crippen molar-refractivity contribution in [3.8, 4) is 17.2 Å². The molecule has 1 amide bonds. The van der Waals surface area contributed by atoms with Gasteiger partial charge in [-0.05, 0) is 44.7 Å². The monoisotopic (exact) mass is 540 g/mol. The summed E-state index contributed by atoms with van der Waals surface area (Å²) in [5, 5.41) is 12.8. The van der Waals surface area contributed by atoms with Gasteiger partial charge in [-0.15, -0.1) is 0 Å². The molecule has 1 aliphatic heterocycles. The summed E-state index contributed by atoms with van der Waals surface area (Å²) < 4.78 is 60.3. The number of pyridine rings is 1. The third kappa shape index (κ3) is 8.23. The Kier molecular flexibility index (Phi) is 10.2. The number of para-hydroxylation sites is 1. The van der Waals surface area contributed by atoms with E-state index in [4.69, 9.17) is 18.9 Å². The fourth-order valence-corrected chi connectivity index (χ4v) is 4.08. The Balaban J connectivity index is 1.75. The van der Waals surface area contributed by atoms with E-state index in [2.05, 4.69) is 10.3 Å². The number of nitrogens with zero attached hydrogens (tertiary/aromatic N) is 1. The number of rotatable bonds is 9. The van der Waals surface area contributed by atoms with Crippen molar-refractivity contribution in [2.75, 3.05) is 13.7 Å². The number of ether oxygens (including phenoxy) is 4. The first-order chi connectivity index (χ1) is 18.1. The molecule has 0 bridgehead atoms. The second-order valence-electron chi connectivity index (χ2n) is 8.83. The minimum absolute atomic E-state index is 0.0437. The molecule has 0 spiro atoms. The second kappa shape index (κ2) is 13.3. The van der Waals surface area contributed by atoms with Gasteiger partial charge in [0.05, 0.1) is 13.2 Å². The van der Waals surface area contributed by atoms with Gasteiger partial charge in [0.15, 0.2) is 23.3 Å². The highest BCUT2D eigenvalue weighted by Crippen LogP contribution is 2.29. The van der Waals surface area contributed by atoms with Crippen LogP contribution < -0.4 is 14.8 Å². The highest BCUT2D eigenvalue weighted by Gasteiger charge is 2.37. The molecule has 0 aliphatic carbocycles. The number of hydrogen-bond donors (Lipinski definition) is 2. The fourth-order valence-electron chi connectivity index (χ4n) is 4.08. The van der Waals surface area contributed by atoms with Crippen LogP contribution in [0.3, 0.4) is 0 Å². The zero-order valence-corrected chi connectivity index (χ0v) is 21.1. The number of alkyl halides is 3. The van der Waals surface area contributed by atoms with E-state index in [0.29, 0.717) is 18.6 Å². The summed E-state index contributed by atoms with van der Waals surface area (Å²) >= 11 is 0. The molecule has 1 aromatic heterocycles. The molecule has 1 aliphatic rings. The smallest absolute Gasteiger partial charge is 0.389 e. The minimum atomic E-state index is -4.29. The summed E-state index contributed by atoms with van der Waals surface area (Å²) in [6.45, 7) is 1.44. The van der Waals surface area contributed by atoms with Crippen LogP contribution in [0.1, 0.15) is 49.5 Å². The Hall–Kier alpha value is -3.54. The molecule has 1 aromatic carbocycles. The quantitative estimate of drug-likeness (QED) is 0.360. The molecule has 1 fully saturated rings. The van der Waals surface area contributed by atoms with Gasteiger partial charge in [-0.3, -0.25) is 4.79 Å². The van der Waals surface area contributed by atoms with Gasteiger partial charge in [-0.2, -0.15) is 13.2 Å². The third-order valence-electron chi connectivity index (χ3n) is 5.98. The van der Waals surface area contributed by atoms with Crippen LogP contribution in [0.5, 0.6) is 17.2 Å². The average Bonchev–Trinajstić information content (AvgIpc) is 2.92. The van der Waals surface area contributed by atoms with E-state index in [9.17, 15) is 27.9 Å². The molecule has 4 atom stereocenters. The summed E-state index contributed by atoms with van der Waals surface area (Å²) in [6, 6.07) is 9.04. The van der Waals surface area contributed by atoms with Gasteiger partial charge in [0.1, 0.15) is 17.9 Å². The Labute approximate surface area is 218 Å². The molecule has 38 heavy (non-hydrogen) atoms. The highest BCUT2D eigenvalue weighted by atomic mass is 19.4. The molecule has 2 aromatic rings. The van der Waals surface area contributed by atoms with Crippen molar-refractivity contribution in [3.05, 3.63) is 48.3 Å². The van der Waals surface area contributed by atoms with Gasteiger partial charge >= 0.3 is 12.1 Å². The number of aromatic hydroxyl groups is 1. The summed E-state index contributed by atoms with van der Waals surface area (Å²) in [6.07, 6.45) is -5.71. The molecule has 208 valence electrons. The standard InChI is InChI=1S/C26H31F3N2O7/c1-16-23(38-17-8-4-3-5-9-17)20(36-15-7-13-26(27,28)29)11-6-10-18(25(34)37-16)31-24(33)21-22(32)19(35-2)12-14-30-21/h3-5,8-9,12,14,16,18,20,23,32H,6-7,10-11,13,15H2,1-2H3,(H,31,33)/t16-,18-,20-,23-/m0/s1. The maximum absolute atomic E-state index is 13.0. The number of nitrogens with one attached hydrogen (secondary N) is 1. The molecule has 3 rings (SSSR count). The molecule has 1 saturated heterocycles. The van der Waals surface area contributed by atoms with E-state index in [1.807, 2.05) is 0 Å². The van der Waals surface area contributed by atoms with Crippen molar-refractivity contribution >= 4 is 11.9 Å². The lowest BCUT2D eigenvalue weighted by Gasteiger charge is -2.31. The number of carbonyl (C=O) groups is 2. The lowest BCUT2D eigenvalue weighted by Crippen LogP contribution is -2.46. The van der Waals surface area contributed by atoms with Crippen molar-refractivity contribution in [2.24, 2.45) is 0 Å². The number of hydrogen-bond acceptors (Lipinski definition) is 8. The Bertz CT molecular complexity index is 1070. The van der Waals surface area contributed by atoms with Crippen molar-refractivity contribution in [3.63, 3.8) is 0 Å². The fraction of sp³-hybridized carbons (Fsp3) is 0.500. The third-order valence-corrected chi connectivity index (χ3v) is 5.98. The number of cyclic esters (lactones) is 1. The lowest BCUT2D eigenvalue weighted by molar-refractivity contribution is -0.161. The molecule has 2 N–H and O–H groups in total. The highest BCUT2D eigenvalue weighted by molar-refractivity contribution is 5.97. The zero-order chi connectivity index (χ0) is 27.7. The van der Waals surface area contributed by atoms with Gasteiger partial charge < -0.3 is 29.4 Å².